The van der Waals surface area contributed by atoms with Crippen molar-refractivity contribution in [3.8, 4) is 0 Å². The van der Waals surface area contributed by atoms with Gasteiger partial charge in [0.15, 0.2) is 0 Å². The summed E-state index contributed by atoms with van der Waals surface area (Å²) in [5.41, 5.74) is 2.36. The summed E-state index contributed by atoms with van der Waals surface area (Å²) in [7, 11) is 0. The number of aryl methyl sites for hydroxylation is 1. The molecule has 0 amide bonds. The zero-order valence-electron chi connectivity index (χ0n) is 12.1. The van der Waals surface area contributed by atoms with Gasteiger partial charge in [0.1, 0.15) is 0 Å². The molecular weight excluding hydrogens is 250 g/mol. The zero-order valence-corrected chi connectivity index (χ0v) is 12.1. The van der Waals surface area contributed by atoms with Crippen LogP contribution in [0.4, 0.5) is 0 Å². The van der Waals surface area contributed by atoms with Crippen molar-refractivity contribution in [2.75, 3.05) is 13.1 Å². The van der Waals surface area contributed by atoms with E-state index in [2.05, 4.69) is 29.2 Å². The standard InChI is InChI=1S/C17H23NO2/c1-17(16(19)20)9-4-10-18(12-17)15-8-7-13-5-2-3-6-14(13)11-15/h2-3,5-6,15H,4,7-12H2,1H3,(H,19,20). The van der Waals surface area contributed by atoms with E-state index in [9.17, 15) is 9.90 Å². The lowest BCUT2D eigenvalue weighted by Gasteiger charge is -2.43. The van der Waals surface area contributed by atoms with Gasteiger partial charge in [0.2, 0.25) is 0 Å². The molecule has 3 nitrogen and oxygen atoms in total. The molecule has 0 radical (unpaired) electrons. The van der Waals surface area contributed by atoms with E-state index in [-0.39, 0.29) is 0 Å². The fraction of sp³-hybridized carbons (Fsp3) is 0.588. The molecule has 20 heavy (non-hydrogen) atoms. The number of hydrogen-bond donors (Lipinski definition) is 1. The molecule has 0 saturated carbocycles. The van der Waals surface area contributed by atoms with Crippen molar-refractivity contribution in [1.82, 2.24) is 4.90 Å². The van der Waals surface area contributed by atoms with E-state index in [1.165, 1.54) is 11.1 Å². The molecular formula is C17H23NO2. The molecule has 1 fully saturated rings. The lowest BCUT2D eigenvalue weighted by molar-refractivity contribution is -0.151. The third-order valence-electron chi connectivity index (χ3n) is 5.08. The van der Waals surface area contributed by atoms with Gasteiger partial charge < -0.3 is 5.11 Å². The molecule has 1 aromatic rings. The minimum atomic E-state index is -0.640. The molecule has 0 bridgehead atoms. The van der Waals surface area contributed by atoms with Crippen LogP contribution in [0.15, 0.2) is 24.3 Å². The van der Waals surface area contributed by atoms with Gasteiger partial charge in [0.25, 0.3) is 0 Å². The quantitative estimate of drug-likeness (QED) is 0.900. The SMILES string of the molecule is CC1(C(=O)O)CCCN(C2CCc3ccccc3C2)C1. The Balaban J connectivity index is 1.73. The van der Waals surface area contributed by atoms with Crippen LogP contribution in [0, 0.1) is 5.41 Å². The maximum absolute atomic E-state index is 11.5. The molecule has 2 unspecified atom stereocenters. The van der Waals surface area contributed by atoms with Crippen molar-refractivity contribution in [2.45, 2.75) is 45.1 Å². The Labute approximate surface area is 120 Å². The van der Waals surface area contributed by atoms with E-state index in [0.717, 1.165) is 38.6 Å². The van der Waals surface area contributed by atoms with Crippen molar-refractivity contribution < 1.29 is 9.90 Å². The number of carboxylic acid groups (broad SMARTS) is 1. The lowest BCUT2D eigenvalue weighted by Crippen LogP contribution is -2.51. The molecule has 1 heterocycles. The largest absolute Gasteiger partial charge is 0.481 e. The molecule has 1 N–H and O–H groups in total. The highest BCUT2D eigenvalue weighted by Crippen LogP contribution is 2.33. The van der Waals surface area contributed by atoms with Gasteiger partial charge in [-0.2, -0.15) is 0 Å². The van der Waals surface area contributed by atoms with E-state index in [0.29, 0.717) is 12.6 Å². The van der Waals surface area contributed by atoms with E-state index in [1.807, 2.05) is 6.92 Å². The minimum Gasteiger partial charge on any atom is -0.481 e. The van der Waals surface area contributed by atoms with Crippen molar-refractivity contribution in [2.24, 2.45) is 5.41 Å². The molecule has 3 heteroatoms. The van der Waals surface area contributed by atoms with Crippen LogP contribution >= 0.6 is 0 Å². The second kappa shape index (κ2) is 5.21. The highest BCUT2D eigenvalue weighted by atomic mass is 16.4. The number of likely N-dealkylation sites (tertiary alicyclic amines) is 1. The topological polar surface area (TPSA) is 40.5 Å². The van der Waals surface area contributed by atoms with Gasteiger partial charge in [-0.25, -0.2) is 0 Å². The Morgan fingerprint density at radius 2 is 2.10 bits per heavy atom. The summed E-state index contributed by atoms with van der Waals surface area (Å²) >= 11 is 0. The molecule has 0 aromatic heterocycles. The maximum atomic E-state index is 11.5. The molecule has 1 aliphatic heterocycles. The molecule has 2 atom stereocenters. The molecule has 1 aliphatic carbocycles. The van der Waals surface area contributed by atoms with Gasteiger partial charge in [0.05, 0.1) is 5.41 Å². The predicted molar refractivity (Wildman–Crippen MR) is 78.8 cm³/mol. The smallest absolute Gasteiger partial charge is 0.310 e. The first-order valence-electron chi connectivity index (χ1n) is 7.63. The first-order chi connectivity index (χ1) is 9.58. The molecule has 108 valence electrons. The summed E-state index contributed by atoms with van der Waals surface area (Å²) in [6.45, 7) is 3.66. The Morgan fingerprint density at radius 3 is 2.85 bits per heavy atom. The van der Waals surface area contributed by atoms with E-state index in [1.54, 1.807) is 0 Å². The van der Waals surface area contributed by atoms with Crippen LogP contribution < -0.4 is 0 Å². The summed E-state index contributed by atoms with van der Waals surface area (Å²) in [6, 6.07) is 9.19. The van der Waals surface area contributed by atoms with E-state index >= 15 is 0 Å². The Morgan fingerprint density at radius 1 is 1.35 bits per heavy atom. The number of aliphatic carboxylic acids is 1. The van der Waals surface area contributed by atoms with Gasteiger partial charge in [-0.3, -0.25) is 9.69 Å². The van der Waals surface area contributed by atoms with Gasteiger partial charge >= 0.3 is 5.97 Å². The Hall–Kier alpha value is -1.35. The number of carboxylic acids is 1. The van der Waals surface area contributed by atoms with Crippen LogP contribution in [-0.2, 0) is 17.6 Å². The fourth-order valence-electron chi connectivity index (χ4n) is 3.76. The second-order valence-electron chi connectivity index (χ2n) is 6.61. The molecule has 1 aromatic carbocycles. The summed E-state index contributed by atoms with van der Waals surface area (Å²) in [5, 5.41) is 9.44. The molecule has 2 aliphatic rings. The number of rotatable bonds is 2. The van der Waals surface area contributed by atoms with Crippen molar-refractivity contribution in [1.29, 1.82) is 0 Å². The van der Waals surface area contributed by atoms with Crippen LogP contribution in [0.5, 0.6) is 0 Å². The number of nitrogens with zero attached hydrogens (tertiary/aromatic N) is 1. The summed E-state index contributed by atoms with van der Waals surface area (Å²) in [4.78, 5) is 13.9. The van der Waals surface area contributed by atoms with Crippen molar-refractivity contribution in [3.63, 3.8) is 0 Å². The van der Waals surface area contributed by atoms with E-state index in [4.69, 9.17) is 0 Å². The molecule has 0 spiro atoms. The average molecular weight is 273 g/mol. The maximum Gasteiger partial charge on any atom is 0.310 e. The van der Waals surface area contributed by atoms with Gasteiger partial charge in [-0.1, -0.05) is 24.3 Å². The zero-order chi connectivity index (χ0) is 14.2. The van der Waals surface area contributed by atoms with Gasteiger partial charge in [0, 0.05) is 12.6 Å². The number of carbonyl (C=O) groups is 1. The van der Waals surface area contributed by atoms with Gasteiger partial charge in [-0.05, 0) is 56.7 Å². The Kier molecular flexibility index (Phi) is 3.55. The molecule has 1 saturated heterocycles. The predicted octanol–water partition coefficient (Wildman–Crippen LogP) is 2.73. The number of benzene rings is 1. The Bertz CT molecular complexity index is 513. The van der Waals surface area contributed by atoms with Crippen molar-refractivity contribution in [3.05, 3.63) is 35.4 Å². The fourth-order valence-corrected chi connectivity index (χ4v) is 3.76. The number of hydrogen-bond acceptors (Lipinski definition) is 2. The second-order valence-corrected chi connectivity index (χ2v) is 6.61. The number of piperidine rings is 1. The third kappa shape index (κ3) is 2.47. The minimum absolute atomic E-state index is 0.517. The highest BCUT2D eigenvalue weighted by molar-refractivity contribution is 5.74. The summed E-state index contributed by atoms with van der Waals surface area (Å²) in [6.07, 6.45) is 5.17. The summed E-state index contributed by atoms with van der Waals surface area (Å²) in [5.74, 6) is -0.640. The van der Waals surface area contributed by atoms with Crippen LogP contribution in [-0.4, -0.2) is 35.1 Å². The van der Waals surface area contributed by atoms with Crippen LogP contribution in [0.2, 0.25) is 0 Å². The molecule has 3 rings (SSSR count). The summed E-state index contributed by atoms with van der Waals surface area (Å²) < 4.78 is 0. The van der Waals surface area contributed by atoms with Gasteiger partial charge in [-0.15, -0.1) is 0 Å². The normalized spacial score (nSPS) is 30.8. The first-order valence-corrected chi connectivity index (χ1v) is 7.63. The third-order valence-corrected chi connectivity index (χ3v) is 5.08. The number of fused-ring (bicyclic) bond motifs is 1. The lowest BCUT2D eigenvalue weighted by atomic mass is 9.79. The van der Waals surface area contributed by atoms with E-state index < -0.39 is 11.4 Å². The van der Waals surface area contributed by atoms with Crippen LogP contribution in [0.3, 0.4) is 0 Å². The highest BCUT2D eigenvalue weighted by Gasteiger charge is 2.40. The average Bonchev–Trinajstić information content (AvgIpc) is 2.46. The first kappa shape index (κ1) is 13.6. The van der Waals surface area contributed by atoms with Crippen molar-refractivity contribution >= 4 is 5.97 Å². The van der Waals surface area contributed by atoms with Crippen LogP contribution in [0.25, 0.3) is 0 Å². The monoisotopic (exact) mass is 273 g/mol. The van der Waals surface area contributed by atoms with Crippen LogP contribution in [0.1, 0.15) is 37.3 Å².